The normalized spacial score (nSPS) is 10.8. The Morgan fingerprint density at radius 1 is 1.10 bits per heavy atom. The molecule has 0 amide bonds. The molecule has 0 aliphatic heterocycles. The zero-order valence-corrected chi connectivity index (χ0v) is 12.1. The monoisotopic (exact) mass is 289 g/mol. The van der Waals surface area contributed by atoms with E-state index in [1.807, 2.05) is 31.2 Å². The van der Waals surface area contributed by atoms with Crippen LogP contribution in [-0.4, -0.2) is 11.7 Å². The number of hydrogen-bond donors (Lipinski definition) is 2. The van der Waals surface area contributed by atoms with Gasteiger partial charge in [-0.15, -0.1) is 0 Å². The van der Waals surface area contributed by atoms with Crippen molar-refractivity contribution in [2.24, 2.45) is 0 Å². The van der Waals surface area contributed by atoms with Crippen LogP contribution in [0.3, 0.4) is 0 Å². The first-order chi connectivity index (χ1) is 10.2. The second-order valence-electron chi connectivity index (χ2n) is 4.83. The Hall–Kier alpha value is -1.91. The molecule has 0 saturated carbocycles. The van der Waals surface area contributed by atoms with Gasteiger partial charge in [-0.2, -0.15) is 0 Å². The molecule has 2 N–H and O–H groups in total. The molecule has 0 heterocycles. The summed E-state index contributed by atoms with van der Waals surface area (Å²) in [7, 11) is 0. The van der Waals surface area contributed by atoms with E-state index >= 15 is 0 Å². The molecule has 2 rings (SSSR count). The largest absolute Gasteiger partial charge is 0.508 e. The standard InChI is InChI=1S/C17H20FNO2/c1-2-21-12-15-6-4-3-5-14(15)11-19-10-13-7-16(18)9-17(20)8-13/h3-9,19-20H,2,10-12H2,1H3. The van der Waals surface area contributed by atoms with Gasteiger partial charge in [-0.1, -0.05) is 24.3 Å². The Morgan fingerprint density at radius 2 is 1.86 bits per heavy atom. The fraction of sp³-hybridized carbons (Fsp3) is 0.294. The molecule has 0 aliphatic carbocycles. The van der Waals surface area contributed by atoms with E-state index in [1.165, 1.54) is 6.07 Å². The lowest BCUT2D eigenvalue weighted by molar-refractivity contribution is 0.133. The van der Waals surface area contributed by atoms with Crippen molar-refractivity contribution in [3.8, 4) is 5.75 Å². The van der Waals surface area contributed by atoms with Crippen LogP contribution in [0.1, 0.15) is 23.6 Å². The summed E-state index contributed by atoms with van der Waals surface area (Å²) in [5.41, 5.74) is 3.02. The summed E-state index contributed by atoms with van der Waals surface area (Å²) in [6.07, 6.45) is 0. The first kappa shape index (κ1) is 15.5. The third-order valence-electron chi connectivity index (χ3n) is 3.17. The summed E-state index contributed by atoms with van der Waals surface area (Å²) in [5.74, 6) is -0.480. The quantitative estimate of drug-likeness (QED) is 0.821. The van der Waals surface area contributed by atoms with E-state index in [2.05, 4.69) is 5.32 Å². The third-order valence-corrected chi connectivity index (χ3v) is 3.17. The zero-order chi connectivity index (χ0) is 15.1. The van der Waals surface area contributed by atoms with Crippen LogP contribution >= 0.6 is 0 Å². The lowest BCUT2D eigenvalue weighted by Gasteiger charge is -2.11. The molecule has 4 heteroatoms. The molecule has 0 aromatic heterocycles. The fourth-order valence-electron chi connectivity index (χ4n) is 2.16. The summed E-state index contributed by atoms with van der Waals surface area (Å²) in [6, 6.07) is 12.1. The van der Waals surface area contributed by atoms with Gasteiger partial charge in [-0.3, -0.25) is 0 Å². The van der Waals surface area contributed by atoms with Gasteiger partial charge < -0.3 is 15.2 Å². The van der Waals surface area contributed by atoms with Crippen molar-refractivity contribution in [1.82, 2.24) is 5.32 Å². The summed E-state index contributed by atoms with van der Waals surface area (Å²) in [6.45, 7) is 4.41. The SMILES string of the molecule is CCOCc1ccccc1CNCc1cc(O)cc(F)c1. The van der Waals surface area contributed by atoms with Crippen LogP contribution in [0, 0.1) is 5.82 Å². The van der Waals surface area contributed by atoms with E-state index in [0.717, 1.165) is 22.8 Å². The van der Waals surface area contributed by atoms with E-state index in [1.54, 1.807) is 6.07 Å². The van der Waals surface area contributed by atoms with Crippen LogP contribution in [-0.2, 0) is 24.4 Å². The van der Waals surface area contributed by atoms with E-state index in [4.69, 9.17) is 4.74 Å². The smallest absolute Gasteiger partial charge is 0.127 e. The van der Waals surface area contributed by atoms with Crippen molar-refractivity contribution >= 4 is 0 Å². The van der Waals surface area contributed by atoms with Crippen LogP contribution < -0.4 is 5.32 Å². The van der Waals surface area contributed by atoms with Crippen LogP contribution in [0.4, 0.5) is 4.39 Å². The van der Waals surface area contributed by atoms with Crippen molar-refractivity contribution in [2.45, 2.75) is 26.6 Å². The molecule has 0 atom stereocenters. The van der Waals surface area contributed by atoms with Gasteiger partial charge in [0.05, 0.1) is 6.61 Å². The van der Waals surface area contributed by atoms with Gasteiger partial charge in [0.15, 0.2) is 0 Å². The minimum absolute atomic E-state index is 0.0523. The van der Waals surface area contributed by atoms with Gasteiger partial charge in [0.1, 0.15) is 11.6 Å². The predicted molar refractivity (Wildman–Crippen MR) is 80.4 cm³/mol. The molecular formula is C17H20FNO2. The highest BCUT2D eigenvalue weighted by Crippen LogP contribution is 2.15. The molecule has 3 nitrogen and oxygen atoms in total. The predicted octanol–water partition coefficient (Wildman–Crippen LogP) is 3.36. The number of hydrogen-bond acceptors (Lipinski definition) is 3. The molecular weight excluding hydrogens is 269 g/mol. The zero-order valence-electron chi connectivity index (χ0n) is 12.1. The topological polar surface area (TPSA) is 41.5 Å². The third kappa shape index (κ3) is 4.85. The van der Waals surface area contributed by atoms with Gasteiger partial charge in [0.2, 0.25) is 0 Å². The average molecular weight is 289 g/mol. The van der Waals surface area contributed by atoms with Gasteiger partial charge in [0.25, 0.3) is 0 Å². The van der Waals surface area contributed by atoms with Gasteiger partial charge in [0, 0.05) is 25.8 Å². The molecule has 0 fully saturated rings. The summed E-state index contributed by atoms with van der Waals surface area (Å²) in [5, 5.41) is 12.6. The maximum atomic E-state index is 13.2. The number of benzene rings is 2. The molecule has 0 spiro atoms. The average Bonchev–Trinajstić information content (AvgIpc) is 2.45. The summed E-state index contributed by atoms with van der Waals surface area (Å²) >= 11 is 0. The Balaban J connectivity index is 1.94. The number of aromatic hydroxyl groups is 1. The Labute approximate surface area is 124 Å². The second kappa shape index (κ2) is 7.76. The molecule has 0 saturated heterocycles. The van der Waals surface area contributed by atoms with Gasteiger partial charge in [-0.25, -0.2) is 4.39 Å². The van der Waals surface area contributed by atoms with Crippen molar-refractivity contribution in [1.29, 1.82) is 0 Å². The first-order valence-electron chi connectivity index (χ1n) is 7.02. The molecule has 21 heavy (non-hydrogen) atoms. The minimum atomic E-state index is -0.427. The molecule has 0 radical (unpaired) electrons. The van der Waals surface area contributed by atoms with E-state index in [0.29, 0.717) is 26.3 Å². The van der Waals surface area contributed by atoms with Crippen LogP contribution in [0.5, 0.6) is 5.75 Å². The number of nitrogens with one attached hydrogen (secondary N) is 1. The van der Waals surface area contributed by atoms with E-state index in [-0.39, 0.29) is 5.75 Å². The highest BCUT2D eigenvalue weighted by molar-refractivity contribution is 5.29. The van der Waals surface area contributed by atoms with Crippen molar-refractivity contribution in [2.75, 3.05) is 6.61 Å². The molecule has 0 bridgehead atoms. The van der Waals surface area contributed by atoms with Crippen LogP contribution in [0.15, 0.2) is 42.5 Å². The number of halogens is 1. The fourth-order valence-corrected chi connectivity index (χ4v) is 2.16. The Kier molecular flexibility index (Phi) is 5.72. The van der Waals surface area contributed by atoms with Crippen molar-refractivity contribution in [3.05, 3.63) is 65.0 Å². The van der Waals surface area contributed by atoms with Crippen molar-refractivity contribution < 1.29 is 14.2 Å². The summed E-state index contributed by atoms with van der Waals surface area (Å²) < 4.78 is 18.6. The number of ether oxygens (including phenoxy) is 1. The summed E-state index contributed by atoms with van der Waals surface area (Å²) in [4.78, 5) is 0. The maximum absolute atomic E-state index is 13.2. The first-order valence-corrected chi connectivity index (χ1v) is 7.02. The molecule has 0 aliphatic rings. The molecule has 2 aromatic rings. The Bertz CT molecular complexity index is 567. The highest BCUT2D eigenvalue weighted by Gasteiger charge is 2.03. The van der Waals surface area contributed by atoms with Crippen molar-refractivity contribution in [3.63, 3.8) is 0 Å². The highest BCUT2D eigenvalue weighted by atomic mass is 19.1. The second-order valence-corrected chi connectivity index (χ2v) is 4.83. The van der Waals surface area contributed by atoms with E-state index < -0.39 is 5.82 Å². The molecule has 112 valence electrons. The maximum Gasteiger partial charge on any atom is 0.127 e. The van der Waals surface area contributed by atoms with Crippen LogP contribution in [0.25, 0.3) is 0 Å². The molecule has 2 aromatic carbocycles. The number of phenolic OH excluding ortho intramolecular Hbond substituents is 1. The number of phenols is 1. The van der Waals surface area contributed by atoms with Gasteiger partial charge in [-0.05, 0) is 35.7 Å². The van der Waals surface area contributed by atoms with E-state index in [9.17, 15) is 9.50 Å². The minimum Gasteiger partial charge on any atom is -0.508 e. The van der Waals surface area contributed by atoms with Gasteiger partial charge >= 0.3 is 0 Å². The van der Waals surface area contributed by atoms with Crippen LogP contribution in [0.2, 0.25) is 0 Å². The lowest BCUT2D eigenvalue weighted by atomic mass is 10.1. The number of rotatable bonds is 7. The lowest BCUT2D eigenvalue weighted by Crippen LogP contribution is -2.14. The Morgan fingerprint density at radius 3 is 2.57 bits per heavy atom. The molecule has 0 unspecified atom stereocenters.